The van der Waals surface area contributed by atoms with Crippen molar-refractivity contribution in [3.8, 4) is 0 Å². The van der Waals surface area contributed by atoms with E-state index in [4.69, 9.17) is 13.6 Å². The molecule has 0 radical (unpaired) electrons. The van der Waals surface area contributed by atoms with Crippen molar-refractivity contribution in [2.24, 2.45) is 17.3 Å². The molecule has 5 atom stereocenters. The second kappa shape index (κ2) is 9.39. The van der Waals surface area contributed by atoms with E-state index in [1.54, 1.807) is 19.6 Å². The quantitative estimate of drug-likeness (QED) is 0.405. The molecule has 0 aromatic carbocycles. The fraction of sp³-hybridized carbons (Fsp3) is 0.760. The number of Topliss-reactive ketones (excluding diaryl/α,β-unsaturated/α-hetero) is 1. The molecular weight excluding hydrogens is 440 g/mol. The summed E-state index contributed by atoms with van der Waals surface area (Å²) in [4.78, 5) is 27.0. The predicted molar refractivity (Wildman–Crippen MR) is 133 cm³/mol. The van der Waals surface area contributed by atoms with E-state index in [2.05, 4.69) is 33.9 Å². The van der Waals surface area contributed by atoms with Crippen LogP contribution in [0.5, 0.6) is 0 Å². The monoisotopic (exact) mass is 482 g/mol. The number of rotatable bonds is 7. The zero-order valence-electron chi connectivity index (χ0n) is 21.7. The molecule has 2 rings (SSSR count). The fourth-order valence-corrected chi connectivity index (χ4v) is 6.73. The van der Waals surface area contributed by atoms with Crippen LogP contribution in [0.25, 0.3) is 0 Å². The van der Waals surface area contributed by atoms with Crippen molar-refractivity contribution in [3.05, 3.63) is 24.2 Å². The molecule has 0 amide bonds. The van der Waals surface area contributed by atoms with E-state index >= 15 is 0 Å². The molecule has 1 saturated carbocycles. The van der Waals surface area contributed by atoms with Gasteiger partial charge in [-0.05, 0) is 31.1 Å². The van der Waals surface area contributed by atoms with Gasteiger partial charge in [0.2, 0.25) is 0 Å². The van der Waals surface area contributed by atoms with Crippen LogP contribution in [0.1, 0.15) is 73.5 Å². The summed E-state index contributed by atoms with van der Waals surface area (Å²) in [5.74, 6) is -0.579. The first-order valence-corrected chi connectivity index (χ1v) is 15.2. The number of ketones is 1. The highest BCUT2D eigenvalue weighted by Crippen LogP contribution is 2.57. The molecule has 5 nitrogen and oxygen atoms in total. The Balaban J connectivity index is 2.59. The van der Waals surface area contributed by atoms with Crippen molar-refractivity contribution in [1.29, 1.82) is 0 Å². The summed E-state index contributed by atoms with van der Waals surface area (Å²) in [5, 5.41) is 0.0518. The molecule has 1 aliphatic carbocycles. The fourth-order valence-electron chi connectivity index (χ4n) is 4.47. The maximum atomic E-state index is 13.7. The third-order valence-corrected chi connectivity index (χ3v) is 12.9. The van der Waals surface area contributed by atoms with Crippen LogP contribution in [0.2, 0.25) is 18.1 Å². The third-order valence-electron chi connectivity index (χ3n) is 7.31. The van der Waals surface area contributed by atoms with Crippen LogP contribution >= 0.6 is 11.8 Å². The van der Waals surface area contributed by atoms with Gasteiger partial charge in [0.1, 0.15) is 5.78 Å². The number of carbonyl (C=O) groups is 2. The molecule has 1 fully saturated rings. The molecule has 0 unspecified atom stereocenters. The highest BCUT2D eigenvalue weighted by molar-refractivity contribution is 8.14. The molecule has 0 N–H and O–H groups in total. The molecule has 7 heteroatoms. The number of hydrogen-bond donors (Lipinski definition) is 0. The normalized spacial score (nSPS) is 26.9. The Bertz CT molecular complexity index is 805. The average Bonchev–Trinajstić information content (AvgIpc) is 3.24. The Morgan fingerprint density at radius 2 is 1.84 bits per heavy atom. The summed E-state index contributed by atoms with van der Waals surface area (Å²) in [6.07, 6.45) is 2.74. The Hall–Kier alpha value is -0.893. The van der Waals surface area contributed by atoms with Gasteiger partial charge >= 0.3 is 0 Å². The zero-order valence-corrected chi connectivity index (χ0v) is 23.5. The highest BCUT2D eigenvalue weighted by Gasteiger charge is 2.61. The maximum Gasteiger partial charge on any atom is 0.192 e. The first-order chi connectivity index (χ1) is 14.5. The van der Waals surface area contributed by atoms with Crippen molar-refractivity contribution in [1.82, 2.24) is 0 Å². The number of methoxy groups -OCH3 is 1. The molecule has 0 saturated heterocycles. The minimum atomic E-state index is -2.26. The minimum Gasteiger partial charge on any atom is -0.472 e. The van der Waals surface area contributed by atoms with E-state index in [9.17, 15) is 9.59 Å². The Kier molecular flexibility index (Phi) is 8.03. The van der Waals surface area contributed by atoms with Crippen LogP contribution < -0.4 is 0 Å². The molecule has 1 aromatic heterocycles. The number of thioether (sulfide) groups is 1. The van der Waals surface area contributed by atoms with Crippen molar-refractivity contribution in [2.45, 2.75) is 96.9 Å². The Labute approximate surface area is 199 Å². The van der Waals surface area contributed by atoms with E-state index in [-0.39, 0.29) is 45.0 Å². The van der Waals surface area contributed by atoms with Gasteiger partial charge in [0.15, 0.2) is 13.4 Å². The Morgan fingerprint density at radius 1 is 1.25 bits per heavy atom. The number of carbonyl (C=O) groups excluding carboxylic acids is 2. The molecule has 32 heavy (non-hydrogen) atoms. The molecule has 0 spiro atoms. The summed E-state index contributed by atoms with van der Waals surface area (Å²) >= 11 is 1.34. The standard InChI is InChI=1S/C25H42O5SSi/c1-16(22(27)31-23(2,3)4)20-18(28-9)14-19(26)25(20,8)21(17-12-13-29-15-17)30-32(10,11)24(5,6)7/h12-13,15-16,18,20-21H,14H2,1-11H3/t16-,18-,20+,21-,25+/m0/s1. The first kappa shape index (κ1) is 27.4. The predicted octanol–water partition coefficient (Wildman–Crippen LogP) is 6.65. The molecule has 0 aliphatic heterocycles. The van der Waals surface area contributed by atoms with Crippen LogP contribution in [0.15, 0.2) is 23.0 Å². The van der Waals surface area contributed by atoms with Gasteiger partial charge in [-0.1, -0.05) is 60.2 Å². The number of ether oxygens (including phenoxy) is 1. The van der Waals surface area contributed by atoms with Crippen molar-refractivity contribution >= 4 is 31.0 Å². The lowest BCUT2D eigenvalue weighted by Crippen LogP contribution is -2.49. The second-order valence-corrected chi connectivity index (χ2v) is 18.4. The van der Waals surface area contributed by atoms with Gasteiger partial charge in [0.25, 0.3) is 0 Å². The summed E-state index contributed by atoms with van der Waals surface area (Å²) < 4.78 is 18.0. The molecular formula is C25H42O5SSi. The van der Waals surface area contributed by atoms with Gasteiger partial charge in [-0.2, -0.15) is 0 Å². The van der Waals surface area contributed by atoms with E-state index in [0.29, 0.717) is 0 Å². The van der Waals surface area contributed by atoms with Crippen LogP contribution in [-0.2, 0) is 18.8 Å². The van der Waals surface area contributed by atoms with Gasteiger partial charge in [-0.25, -0.2) is 0 Å². The van der Waals surface area contributed by atoms with Gasteiger partial charge in [-0.15, -0.1) is 0 Å². The van der Waals surface area contributed by atoms with E-state index in [1.807, 2.05) is 40.7 Å². The van der Waals surface area contributed by atoms with Crippen LogP contribution in [0, 0.1) is 17.3 Å². The summed E-state index contributed by atoms with van der Waals surface area (Å²) in [5.41, 5.74) is -0.0660. The van der Waals surface area contributed by atoms with E-state index in [1.165, 1.54) is 11.8 Å². The van der Waals surface area contributed by atoms with Crippen molar-refractivity contribution in [3.63, 3.8) is 0 Å². The van der Waals surface area contributed by atoms with Gasteiger partial charge in [-0.3, -0.25) is 9.59 Å². The lowest BCUT2D eigenvalue weighted by Gasteiger charge is -2.46. The smallest absolute Gasteiger partial charge is 0.192 e. The third kappa shape index (κ3) is 5.42. The minimum absolute atomic E-state index is 0.0350. The van der Waals surface area contributed by atoms with Crippen LogP contribution in [0.3, 0.4) is 0 Å². The van der Waals surface area contributed by atoms with Crippen LogP contribution in [0.4, 0.5) is 0 Å². The van der Waals surface area contributed by atoms with E-state index in [0.717, 1.165) is 5.56 Å². The number of hydrogen-bond acceptors (Lipinski definition) is 6. The largest absolute Gasteiger partial charge is 0.472 e. The van der Waals surface area contributed by atoms with Crippen LogP contribution in [-0.4, -0.2) is 37.2 Å². The SMILES string of the molecule is CO[C@H]1CC(=O)[C@@](C)([C@@H](O[Si](C)(C)C(C)(C)C)c2ccoc2)[C@@H]1[C@H](C)C(=O)SC(C)(C)C. The summed E-state index contributed by atoms with van der Waals surface area (Å²) in [7, 11) is -0.624. The second-order valence-electron chi connectivity index (χ2n) is 11.8. The summed E-state index contributed by atoms with van der Waals surface area (Å²) in [6.45, 7) is 20.9. The Morgan fingerprint density at radius 3 is 2.28 bits per heavy atom. The summed E-state index contributed by atoms with van der Waals surface area (Å²) in [6, 6.07) is 1.88. The molecule has 1 heterocycles. The first-order valence-electron chi connectivity index (χ1n) is 11.4. The maximum absolute atomic E-state index is 13.7. The van der Waals surface area contributed by atoms with E-state index < -0.39 is 19.8 Å². The lowest BCUT2D eigenvalue weighted by molar-refractivity contribution is -0.136. The molecule has 0 bridgehead atoms. The molecule has 1 aliphatic rings. The highest BCUT2D eigenvalue weighted by atomic mass is 32.2. The molecule has 1 aromatic rings. The van der Waals surface area contributed by atoms with Gasteiger partial charge < -0.3 is 13.6 Å². The lowest BCUT2D eigenvalue weighted by atomic mass is 9.67. The zero-order chi connectivity index (χ0) is 24.7. The molecule has 182 valence electrons. The average molecular weight is 483 g/mol. The topological polar surface area (TPSA) is 65.7 Å². The van der Waals surface area contributed by atoms with Gasteiger partial charge in [0.05, 0.1) is 30.1 Å². The van der Waals surface area contributed by atoms with Gasteiger partial charge in [0, 0.05) is 35.7 Å². The number of furan rings is 1. The van der Waals surface area contributed by atoms with Crippen molar-refractivity contribution < 1.29 is 23.2 Å². The van der Waals surface area contributed by atoms with Crippen molar-refractivity contribution in [2.75, 3.05) is 7.11 Å².